The summed E-state index contributed by atoms with van der Waals surface area (Å²) in [5.41, 5.74) is 0.838. The maximum atomic E-state index is 11.9. The second-order valence-corrected chi connectivity index (χ2v) is 6.82. The van der Waals surface area contributed by atoms with Crippen molar-refractivity contribution in [1.29, 1.82) is 0 Å². The predicted octanol–water partition coefficient (Wildman–Crippen LogP) is 2.78. The van der Waals surface area contributed by atoms with E-state index in [1.54, 1.807) is 32.9 Å². The van der Waals surface area contributed by atoms with Gasteiger partial charge in [-0.2, -0.15) is 0 Å². The summed E-state index contributed by atoms with van der Waals surface area (Å²) in [6.45, 7) is 5.81. The van der Waals surface area contributed by atoms with Gasteiger partial charge in [-0.15, -0.1) is 0 Å². The molecule has 0 radical (unpaired) electrons. The Morgan fingerprint density at radius 2 is 2.04 bits per heavy atom. The zero-order valence-electron chi connectivity index (χ0n) is 14.4. The minimum atomic E-state index is -0.792. The molecule has 0 spiro atoms. The van der Waals surface area contributed by atoms with E-state index in [9.17, 15) is 9.59 Å². The standard InChI is InChI=1S/C17H24N2O5/c1-17(2,3)24-16(22)19-12-6-5-10(8-14(12)23-4)13-7-11(9-18-13)15(20)21/h5-6,8,11,13,18H,7,9H2,1-4H3,(H,19,22)(H,20,21). The van der Waals surface area contributed by atoms with E-state index in [1.165, 1.54) is 7.11 Å². The van der Waals surface area contributed by atoms with Crippen LogP contribution in [0.1, 0.15) is 38.8 Å². The summed E-state index contributed by atoms with van der Waals surface area (Å²) in [6, 6.07) is 5.33. The highest BCUT2D eigenvalue weighted by atomic mass is 16.6. The zero-order valence-corrected chi connectivity index (χ0v) is 14.4. The lowest BCUT2D eigenvalue weighted by molar-refractivity contribution is -0.141. The van der Waals surface area contributed by atoms with Gasteiger partial charge >= 0.3 is 12.1 Å². The summed E-state index contributed by atoms with van der Waals surface area (Å²) >= 11 is 0. The number of nitrogens with one attached hydrogen (secondary N) is 2. The van der Waals surface area contributed by atoms with Crippen molar-refractivity contribution in [3.63, 3.8) is 0 Å². The van der Waals surface area contributed by atoms with Gasteiger partial charge in [0.05, 0.1) is 18.7 Å². The van der Waals surface area contributed by atoms with Crippen LogP contribution in [0.2, 0.25) is 0 Å². The first-order valence-corrected chi connectivity index (χ1v) is 7.83. The minimum Gasteiger partial charge on any atom is -0.495 e. The van der Waals surface area contributed by atoms with Gasteiger partial charge in [-0.3, -0.25) is 10.1 Å². The normalized spacial score (nSPS) is 20.5. The Kier molecular flexibility index (Phi) is 5.33. The van der Waals surface area contributed by atoms with Gasteiger partial charge in [-0.05, 0) is 44.9 Å². The fraction of sp³-hybridized carbons (Fsp3) is 0.529. The molecular formula is C17H24N2O5. The molecule has 0 saturated carbocycles. The molecule has 2 unspecified atom stereocenters. The first-order chi connectivity index (χ1) is 11.2. The van der Waals surface area contributed by atoms with Crippen molar-refractivity contribution in [3.8, 4) is 5.75 Å². The van der Waals surface area contributed by atoms with Crippen molar-refractivity contribution in [3.05, 3.63) is 23.8 Å². The number of hydrogen-bond acceptors (Lipinski definition) is 5. The fourth-order valence-electron chi connectivity index (χ4n) is 2.62. The van der Waals surface area contributed by atoms with Gasteiger partial charge in [0.1, 0.15) is 11.4 Å². The zero-order chi connectivity index (χ0) is 17.9. The number of carboxylic acid groups (broad SMARTS) is 1. The molecule has 1 aliphatic heterocycles. The number of carbonyl (C=O) groups excluding carboxylic acids is 1. The molecule has 0 aliphatic carbocycles. The van der Waals surface area contributed by atoms with Crippen LogP contribution in [0.3, 0.4) is 0 Å². The Labute approximate surface area is 141 Å². The molecule has 1 aliphatic rings. The third kappa shape index (κ3) is 4.61. The topological polar surface area (TPSA) is 96.9 Å². The Balaban J connectivity index is 2.11. The van der Waals surface area contributed by atoms with E-state index in [1.807, 2.05) is 6.07 Å². The Bertz CT molecular complexity index is 624. The lowest BCUT2D eigenvalue weighted by Crippen LogP contribution is -2.27. The fourth-order valence-corrected chi connectivity index (χ4v) is 2.62. The molecule has 0 bridgehead atoms. The van der Waals surface area contributed by atoms with Crippen LogP contribution in [-0.2, 0) is 9.53 Å². The van der Waals surface area contributed by atoms with Crippen LogP contribution in [0.5, 0.6) is 5.75 Å². The van der Waals surface area contributed by atoms with E-state index < -0.39 is 17.7 Å². The van der Waals surface area contributed by atoms with Crippen LogP contribution in [0, 0.1) is 5.92 Å². The van der Waals surface area contributed by atoms with Crippen molar-refractivity contribution >= 4 is 17.7 Å². The summed E-state index contributed by atoms with van der Waals surface area (Å²) < 4.78 is 10.6. The number of carbonyl (C=O) groups is 2. The molecule has 24 heavy (non-hydrogen) atoms. The first-order valence-electron chi connectivity index (χ1n) is 7.83. The number of rotatable bonds is 4. The highest BCUT2D eigenvalue weighted by molar-refractivity contribution is 5.87. The molecule has 132 valence electrons. The van der Waals surface area contributed by atoms with Gasteiger partial charge in [0.2, 0.25) is 0 Å². The van der Waals surface area contributed by atoms with Crippen molar-refractivity contribution in [1.82, 2.24) is 5.32 Å². The quantitative estimate of drug-likeness (QED) is 0.782. The second kappa shape index (κ2) is 7.09. The summed E-state index contributed by atoms with van der Waals surface area (Å²) in [5, 5.41) is 14.9. The molecule has 7 nitrogen and oxygen atoms in total. The molecular weight excluding hydrogens is 312 g/mol. The van der Waals surface area contributed by atoms with E-state index >= 15 is 0 Å². The number of benzene rings is 1. The second-order valence-electron chi connectivity index (χ2n) is 6.82. The molecule has 1 saturated heterocycles. The van der Waals surface area contributed by atoms with E-state index in [2.05, 4.69) is 10.6 Å². The number of anilines is 1. The van der Waals surface area contributed by atoms with Crippen LogP contribution in [0.25, 0.3) is 0 Å². The maximum absolute atomic E-state index is 11.9. The van der Waals surface area contributed by atoms with Gasteiger partial charge in [0.15, 0.2) is 0 Å². The molecule has 2 rings (SSSR count). The molecule has 7 heteroatoms. The van der Waals surface area contributed by atoms with Crippen LogP contribution < -0.4 is 15.4 Å². The predicted molar refractivity (Wildman–Crippen MR) is 89.3 cm³/mol. The number of aliphatic carboxylic acids is 1. The molecule has 1 fully saturated rings. The third-order valence-corrected chi connectivity index (χ3v) is 3.74. The van der Waals surface area contributed by atoms with Crippen LogP contribution in [-0.4, -0.2) is 36.4 Å². The molecule has 0 aromatic heterocycles. The van der Waals surface area contributed by atoms with Crippen molar-refractivity contribution < 1.29 is 24.2 Å². The van der Waals surface area contributed by atoms with E-state index in [0.717, 1.165) is 5.56 Å². The lowest BCUT2D eigenvalue weighted by Gasteiger charge is -2.21. The smallest absolute Gasteiger partial charge is 0.412 e. The maximum Gasteiger partial charge on any atom is 0.412 e. The average molecular weight is 336 g/mol. The summed E-state index contributed by atoms with van der Waals surface area (Å²) in [6.07, 6.45) is -0.0318. The van der Waals surface area contributed by atoms with Crippen molar-refractivity contribution in [2.24, 2.45) is 5.92 Å². The third-order valence-electron chi connectivity index (χ3n) is 3.74. The molecule has 1 heterocycles. The van der Waals surface area contributed by atoms with E-state index in [-0.39, 0.29) is 12.0 Å². The SMILES string of the molecule is COc1cc(C2CC(C(=O)O)CN2)ccc1NC(=O)OC(C)(C)C. The Hall–Kier alpha value is -2.28. The molecule has 2 atom stereocenters. The number of ether oxygens (including phenoxy) is 2. The van der Waals surface area contributed by atoms with E-state index in [4.69, 9.17) is 14.6 Å². The number of hydrogen-bond donors (Lipinski definition) is 3. The van der Waals surface area contributed by atoms with E-state index in [0.29, 0.717) is 24.4 Å². The highest BCUT2D eigenvalue weighted by Crippen LogP contribution is 2.33. The lowest BCUT2D eigenvalue weighted by atomic mass is 9.99. The van der Waals surface area contributed by atoms with Crippen LogP contribution in [0.4, 0.5) is 10.5 Å². The van der Waals surface area contributed by atoms with Crippen LogP contribution >= 0.6 is 0 Å². The Morgan fingerprint density at radius 1 is 1.33 bits per heavy atom. The number of carboxylic acids is 1. The Morgan fingerprint density at radius 3 is 2.58 bits per heavy atom. The minimum absolute atomic E-state index is 0.0458. The van der Waals surface area contributed by atoms with Gasteiger partial charge < -0.3 is 19.9 Å². The number of amides is 1. The number of methoxy groups -OCH3 is 1. The molecule has 1 aromatic rings. The summed E-state index contributed by atoms with van der Waals surface area (Å²) in [7, 11) is 1.52. The summed E-state index contributed by atoms with van der Waals surface area (Å²) in [4.78, 5) is 23.0. The monoisotopic (exact) mass is 336 g/mol. The van der Waals surface area contributed by atoms with Crippen molar-refractivity contribution in [2.75, 3.05) is 19.0 Å². The molecule has 1 aromatic carbocycles. The van der Waals surface area contributed by atoms with Crippen LogP contribution in [0.15, 0.2) is 18.2 Å². The van der Waals surface area contributed by atoms with Gasteiger partial charge in [0, 0.05) is 12.6 Å². The summed E-state index contributed by atoms with van der Waals surface area (Å²) in [5.74, 6) is -0.681. The van der Waals surface area contributed by atoms with Gasteiger partial charge in [-0.1, -0.05) is 6.07 Å². The first kappa shape index (κ1) is 18.1. The molecule has 3 N–H and O–H groups in total. The van der Waals surface area contributed by atoms with Gasteiger partial charge in [-0.25, -0.2) is 4.79 Å². The van der Waals surface area contributed by atoms with Crippen molar-refractivity contribution in [2.45, 2.75) is 38.8 Å². The largest absolute Gasteiger partial charge is 0.495 e. The molecule has 1 amide bonds. The average Bonchev–Trinajstić information content (AvgIpc) is 2.95. The highest BCUT2D eigenvalue weighted by Gasteiger charge is 2.30. The van der Waals surface area contributed by atoms with Gasteiger partial charge in [0.25, 0.3) is 0 Å².